The molecule has 2 aromatic rings. The molecule has 1 N–H and O–H groups in total. The summed E-state index contributed by atoms with van der Waals surface area (Å²) in [6.45, 7) is 1.69. The van der Waals surface area contributed by atoms with Crippen LogP contribution in [0.3, 0.4) is 0 Å². The van der Waals surface area contributed by atoms with Crippen LogP contribution < -0.4 is 5.43 Å². The van der Waals surface area contributed by atoms with Crippen LogP contribution in [-0.2, 0) is 12.6 Å². The van der Waals surface area contributed by atoms with E-state index < -0.39 is 17.6 Å². The Bertz CT molecular complexity index is 730. The number of nitrogens with zero attached hydrogens (tertiary/aromatic N) is 3. The van der Waals surface area contributed by atoms with E-state index in [9.17, 15) is 18.0 Å². The molecule has 0 radical (unpaired) electrons. The first-order chi connectivity index (χ1) is 11.4. The summed E-state index contributed by atoms with van der Waals surface area (Å²) < 4.78 is 38.0. The number of aromatic nitrogens is 2. The maximum absolute atomic E-state index is 12.7. The van der Waals surface area contributed by atoms with E-state index in [4.69, 9.17) is 0 Å². The molecule has 126 valence electrons. The van der Waals surface area contributed by atoms with Gasteiger partial charge in [-0.15, -0.1) is 0 Å². The van der Waals surface area contributed by atoms with E-state index in [0.717, 1.165) is 12.1 Å². The summed E-state index contributed by atoms with van der Waals surface area (Å²) in [6, 6.07) is 5.15. The van der Waals surface area contributed by atoms with Gasteiger partial charge in [-0.3, -0.25) is 9.78 Å². The second-order valence-electron chi connectivity index (χ2n) is 5.08. The smallest absolute Gasteiger partial charge is 0.265 e. The van der Waals surface area contributed by atoms with Crippen LogP contribution in [0.15, 0.2) is 48.0 Å². The van der Waals surface area contributed by atoms with Crippen LogP contribution in [0, 0.1) is 0 Å². The average molecular weight is 336 g/mol. The van der Waals surface area contributed by atoms with Crippen LogP contribution in [0.2, 0.25) is 0 Å². The van der Waals surface area contributed by atoms with E-state index in [2.05, 4.69) is 20.5 Å². The van der Waals surface area contributed by atoms with E-state index in [1.807, 2.05) is 0 Å². The molecule has 0 aliphatic rings. The van der Waals surface area contributed by atoms with Gasteiger partial charge in [0.25, 0.3) is 5.91 Å². The predicted octanol–water partition coefficient (Wildman–Crippen LogP) is 3.23. The number of aryl methyl sites for hydroxylation is 1. The fourth-order valence-corrected chi connectivity index (χ4v) is 1.90. The fourth-order valence-electron chi connectivity index (χ4n) is 1.90. The van der Waals surface area contributed by atoms with Crippen molar-refractivity contribution < 1.29 is 18.0 Å². The monoisotopic (exact) mass is 336 g/mol. The summed E-state index contributed by atoms with van der Waals surface area (Å²) in [5.41, 5.74) is 2.94. The van der Waals surface area contributed by atoms with Gasteiger partial charge < -0.3 is 0 Å². The summed E-state index contributed by atoms with van der Waals surface area (Å²) in [5.74, 6) is -0.499. The molecule has 1 aromatic carbocycles. The van der Waals surface area contributed by atoms with E-state index >= 15 is 0 Å². The van der Waals surface area contributed by atoms with Gasteiger partial charge in [-0.05, 0) is 31.4 Å². The maximum Gasteiger partial charge on any atom is 0.416 e. The molecule has 0 unspecified atom stereocenters. The van der Waals surface area contributed by atoms with Crippen molar-refractivity contribution in [3.63, 3.8) is 0 Å². The topological polar surface area (TPSA) is 67.2 Å². The standard InChI is InChI=1S/C16H15F3N4O/c1-11(22-23-15(24)14-10-20-7-8-21-14)5-6-12-3-2-4-13(9-12)16(17,18)19/h2-4,7-10H,5-6H2,1H3,(H,23,24)/b22-11+. The lowest BCUT2D eigenvalue weighted by Crippen LogP contribution is -2.20. The molecule has 0 spiro atoms. The molecule has 1 aromatic heterocycles. The third-order valence-electron chi connectivity index (χ3n) is 3.17. The van der Waals surface area contributed by atoms with Gasteiger partial charge in [-0.1, -0.05) is 18.2 Å². The van der Waals surface area contributed by atoms with E-state index in [1.54, 1.807) is 13.0 Å². The van der Waals surface area contributed by atoms with Crippen LogP contribution >= 0.6 is 0 Å². The maximum atomic E-state index is 12.7. The van der Waals surface area contributed by atoms with Gasteiger partial charge in [-0.25, -0.2) is 10.4 Å². The second kappa shape index (κ2) is 7.67. The summed E-state index contributed by atoms with van der Waals surface area (Å²) in [7, 11) is 0. The lowest BCUT2D eigenvalue weighted by molar-refractivity contribution is -0.137. The first kappa shape index (κ1) is 17.6. The van der Waals surface area contributed by atoms with Gasteiger partial charge in [0.15, 0.2) is 0 Å². The number of hydrogen-bond acceptors (Lipinski definition) is 4. The average Bonchev–Trinajstić information content (AvgIpc) is 2.58. The summed E-state index contributed by atoms with van der Waals surface area (Å²) >= 11 is 0. The number of halogens is 3. The molecule has 0 fully saturated rings. The highest BCUT2D eigenvalue weighted by Gasteiger charge is 2.30. The van der Waals surface area contributed by atoms with Gasteiger partial charge in [0.05, 0.1) is 11.8 Å². The quantitative estimate of drug-likeness (QED) is 0.673. The van der Waals surface area contributed by atoms with E-state index in [1.165, 1.54) is 24.7 Å². The lowest BCUT2D eigenvalue weighted by Gasteiger charge is -2.08. The Morgan fingerprint density at radius 1 is 1.29 bits per heavy atom. The Kier molecular flexibility index (Phi) is 5.62. The minimum Gasteiger partial charge on any atom is -0.265 e. The van der Waals surface area contributed by atoms with Gasteiger partial charge in [0, 0.05) is 18.1 Å². The highest BCUT2D eigenvalue weighted by molar-refractivity contribution is 5.93. The number of alkyl halides is 3. The van der Waals surface area contributed by atoms with Gasteiger partial charge in [0.1, 0.15) is 5.69 Å². The molecular formula is C16H15F3N4O. The van der Waals surface area contributed by atoms with Crippen molar-refractivity contribution in [1.82, 2.24) is 15.4 Å². The number of benzene rings is 1. The molecule has 0 bridgehead atoms. The summed E-state index contributed by atoms with van der Waals surface area (Å²) in [5, 5.41) is 3.91. The first-order valence-electron chi connectivity index (χ1n) is 7.12. The van der Waals surface area contributed by atoms with Crippen molar-refractivity contribution in [2.24, 2.45) is 5.10 Å². The minimum absolute atomic E-state index is 0.131. The zero-order valence-corrected chi connectivity index (χ0v) is 12.8. The third-order valence-corrected chi connectivity index (χ3v) is 3.17. The zero-order valence-electron chi connectivity index (χ0n) is 12.8. The fraction of sp³-hybridized carbons (Fsp3) is 0.250. The number of hydrazone groups is 1. The largest absolute Gasteiger partial charge is 0.416 e. The number of carbonyl (C=O) groups is 1. The second-order valence-corrected chi connectivity index (χ2v) is 5.08. The Hall–Kier alpha value is -2.77. The molecule has 8 heteroatoms. The van der Waals surface area contributed by atoms with Gasteiger partial charge in [-0.2, -0.15) is 18.3 Å². The van der Waals surface area contributed by atoms with E-state index in [0.29, 0.717) is 24.1 Å². The van der Waals surface area contributed by atoms with Crippen molar-refractivity contribution in [3.05, 3.63) is 59.7 Å². The predicted molar refractivity (Wildman–Crippen MR) is 82.4 cm³/mol. The van der Waals surface area contributed by atoms with Crippen LogP contribution in [0.1, 0.15) is 35.0 Å². The van der Waals surface area contributed by atoms with Gasteiger partial charge >= 0.3 is 6.18 Å². The minimum atomic E-state index is -4.36. The first-order valence-corrected chi connectivity index (χ1v) is 7.12. The number of rotatable bonds is 5. The summed E-state index contributed by atoms with van der Waals surface area (Å²) in [4.78, 5) is 19.3. The molecule has 0 aliphatic heterocycles. The highest BCUT2D eigenvalue weighted by atomic mass is 19.4. The van der Waals surface area contributed by atoms with Crippen LogP contribution in [0.4, 0.5) is 13.2 Å². The number of hydrogen-bond donors (Lipinski definition) is 1. The summed E-state index contributed by atoms with van der Waals surface area (Å²) in [6.07, 6.45) is 0.592. The zero-order chi connectivity index (χ0) is 17.6. The van der Waals surface area contributed by atoms with Crippen molar-refractivity contribution in [2.75, 3.05) is 0 Å². The number of nitrogens with one attached hydrogen (secondary N) is 1. The molecule has 0 saturated carbocycles. The molecule has 2 rings (SSSR count). The van der Waals surface area contributed by atoms with Crippen molar-refractivity contribution in [1.29, 1.82) is 0 Å². The van der Waals surface area contributed by atoms with Crippen LogP contribution in [0.5, 0.6) is 0 Å². The van der Waals surface area contributed by atoms with Crippen LogP contribution in [-0.4, -0.2) is 21.6 Å². The molecule has 1 heterocycles. The Morgan fingerprint density at radius 3 is 2.75 bits per heavy atom. The third kappa shape index (κ3) is 5.15. The van der Waals surface area contributed by atoms with Crippen molar-refractivity contribution in [3.8, 4) is 0 Å². The molecule has 0 atom stereocenters. The molecular weight excluding hydrogens is 321 g/mol. The molecule has 1 amide bonds. The molecule has 24 heavy (non-hydrogen) atoms. The van der Waals surface area contributed by atoms with Crippen molar-refractivity contribution in [2.45, 2.75) is 25.9 Å². The lowest BCUT2D eigenvalue weighted by atomic mass is 10.0. The number of amides is 1. The Morgan fingerprint density at radius 2 is 2.08 bits per heavy atom. The van der Waals surface area contributed by atoms with Crippen molar-refractivity contribution >= 4 is 11.6 Å². The van der Waals surface area contributed by atoms with E-state index in [-0.39, 0.29) is 5.69 Å². The highest BCUT2D eigenvalue weighted by Crippen LogP contribution is 2.29. The Labute approximate surface area is 136 Å². The Balaban J connectivity index is 1.91. The number of carbonyl (C=O) groups excluding carboxylic acids is 1. The van der Waals surface area contributed by atoms with Gasteiger partial charge in [0.2, 0.25) is 0 Å². The molecule has 0 saturated heterocycles. The van der Waals surface area contributed by atoms with Crippen LogP contribution in [0.25, 0.3) is 0 Å². The SMILES string of the molecule is C/C(CCc1cccc(C(F)(F)F)c1)=N\NC(=O)c1cnccn1. The molecule has 5 nitrogen and oxygen atoms in total. The normalized spacial score (nSPS) is 12.1. The molecule has 0 aliphatic carbocycles.